The highest BCUT2D eigenvalue weighted by Gasteiger charge is 2.30. The van der Waals surface area contributed by atoms with Crippen LogP contribution in [0.1, 0.15) is 68.2 Å². The molecule has 0 saturated carbocycles. The Bertz CT molecular complexity index is 297. The minimum atomic E-state index is -0.462. The smallest absolute Gasteiger partial charge is 0.408 e. The van der Waals surface area contributed by atoms with Gasteiger partial charge in [0.25, 0.3) is 0 Å². The minimum Gasteiger partial charge on any atom is -0.444 e. The molecule has 4 nitrogen and oxygen atoms in total. The molecule has 1 amide bonds. The van der Waals surface area contributed by atoms with E-state index in [-0.39, 0.29) is 17.0 Å². The van der Waals surface area contributed by atoms with Gasteiger partial charge in [0.15, 0.2) is 0 Å². The first-order valence-corrected chi connectivity index (χ1v) is 7.65. The lowest BCUT2D eigenvalue weighted by molar-refractivity contribution is 0.0445. The Morgan fingerprint density at radius 1 is 0.950 bits per heavy atom. The molecule has 20 heavy (non-hydrogen) atoms. The van der Waals surface area contributed by atoms with Gasteiger partial charge < -0.3 is 15.4 Å². The highest BCUT2D eigenvalue weighted by molar-refractivity contribution is 5.68. The number of rotatable bonds is 6. The Kier molecular flexibility index (Phi) is 7.02. The maximum absolute atomic E-state index is 12.0. The van der Waals surface area contributed by atoms with Crippen LogP contribution >= 0.6 is 0 Å². The SMILES string of the molecule is CCC(CC)(CNCC(C)(C)C)NC(=O)OC(C)(C)C. The van der Waals surface area contributed by atoms with Gasteiger partial charge in [0.2, 0.25) is 0 Å². The Labute approximate surface area is 125 Å². The predicted octanol–water partition coefficient (Wildman–Crippen LogP) is 3.71. The van der Waals surface area contributed by atoms with E-state index in [1.165, 1.54) is 0 Å². The highest BCUT2D eigenvalue weighted by atomic mass is 16.6. The zero-order chi connectivity index (χ0) is 16.0. The lowest BCUT2D eigenvalue weighted by atomic mass is 9.91. The summed E-state index contributed by atoms with van der Waals surface area (Å²) in [6.45, 7) is 18.1. The fourth-order valence-electron chi connectivity index (χ4n) is 1.92. The largest absolute Gasteiger partial charge is 0.444 e. The van der Waals surface area contributed by atoms with Gasteiger partial charge in [-0.2, -0.15) is 0 Å². The van der Waals surface area contributed by atoms with E-state index in [9.17, 15) is 4.79 Å². The van der Waals surface area contributed by atoms with Crippen LogP contribution in [0.3, 0.4) is 0 Å². The van der Waals surface area contributed by atoms with E-state index in [1.807, 2.05) is 20.8 Å². The number of alkyl carbamates (subject to hydrolysis) is 1. The molecule has 0 aromatic carbocycles. The molecular weight excluding hydrogens is 252 g/mol. The Morgan fingerprint density at radius 3 is 1.80 bits per heavy atom. The summed E-state index contributed by atoms with van der Waals surface area (Å²) in [6, 6.07) is 0. The molecule has 0 heterocycles. The summed E-state index contributed by atoms with van der Waals surface area (Å²) in [4.78, 5) is 12.0. The molecule has 0 spiro atoms. The van der Waals surface area contributed by atoms with E-state index in [4.69, 9.17) is 4.74 Å². The number of nitrogens with one attached hydrogen (secondary N) is 2. The molecule has 0 radical (unpaired) electrons. The van der Waals surface area contributed by atoms with Crippen LogP contribution in [0.15, 0.2) is 0 Å². The Balaban J connectivity index is 4.56. The van der Waals surface area contributed by atoms with Crippen molar-refractivity contribution in [1.29, 1.82) is 0 Å². The van der Waals surface area contributed by atoms with Crippen LogP contribution in [0, 0.1) is 5.41 Å². The molecule has 0 atom stereocenters. The zero-order valence-corrected chi connectivity index (χ0v) is 14.6. The summed E-state index contributed by atoms with van der Waals surface area (Å²) >= 11 is 0. The van der Waals surface area contributed by atoms with Gasteiger partial charge in [-0.05, 0) is 39.0 Å². The minimum absolute atomic E-state index is 0.235. The van der Waals surface area contributed by atoms with Crippen LogP contribution in [0.4, 0.5) is 4.79 Å². The number of carbonyl (C=O) groups is 1. The van der Waals surface area contributed by atoms with Crippen LogP contribution in [0.25, 0.3) is 0 Å². The molecule has 0 bridgehead atoms. The molecule has 0 unspecified atom stereocenters. The summed E-state index contributed by atoms with van der Waals surface area (Å²) < 4.78 is 5.37. The number of carbonyl (C=O) groups excluding carboxylic acids is 1. The topological polar surface area (TPSA) is 50.4 Å². The van der Waals surface area contributed by atoms with Crippen LogP contribution in [0.5, 0.6) is 0 Å². The third-order valence-electron chi connectivity index (χ3n) is 3.24. The zero-order valence-electron chi connectivity index (χ0n) is 14.6. The molecule has 4 heteroatoms. The number of amides is 1. The van der Waals surface area contributed by atoms with Crippen molar-refractivity contribution in [3.63, 3.8) is 0 Å². The van der Waals surface area contributed by atoms with Crippen molar-refractivity contribution in [3.8, 4) is 0 Å². The maximum Gasteiger partial charge on any atom is 0.408 e. The van der Waals surface area contributed by atoms with Crippen LogP contribution in [-0.2, 0) is 4.74 Å². The molecule has 0 rings (SSSR count). The van der Waals surface area contributed by atoms with Gasteiger partial charge in [-0.1, -0.05) is 34.6 Å². The van der Waals surface area contributed by atoms with Crippen molar-refractivity contribution in [2.75, 3.05) is 13.1 Å². The van der Waals surface area contributed by atoms with Crippen molar-refractivity contribution < 1.29 is 9.53 Å². The van der Waals surface area contributed by atoms with Crippen LogP contribution < -0.4 is 10.6 Å². The average Bonchev–Trinajstić information content (AvgIpc) is 2.23. The van der Waals surface area contributed by atoms with Crippen molar-refractivity contribution in [2.24, 2.45) is 5.41 Å². The second-order valence-corrected chi connectivity index (χ2v) is 7.78. The molecule has 0 aliphatic carbocycles. The number of hydrogen-bond donors (Lipinski definition) is 2. The molecule has 0 fully saturated rings. The third kappa shape index (κ3) is 8.41. The van der Waals surface area contributed by atoms with Gasteiger partial charge in [-0.25, -0.2) is 4.79 Å². The average molecular weight is 286 g/mol. The molecule has 0 aromatic heterocycles. The number of ether oxygens (including phenoxy) is 1. The Morgan fingerprint density at radius 2 is 1.45 bits per heavy atom. The summed E-state index contributed by atoms with van der Waals surface area (Å²) in [5.41, 5.74) is -0.469. The first kappa shape index (κ1) is 19.2. The Hall–Kier alpha value is -0.770. The first-order chi connectivity index (χ1) is 8.93. The van der Waals surface area contributed by atoms with Crippen molar-refractivity contribution in [3.05, 3.63) is 0 Å². The highest BCUT2D eigenvalue weighted by Crippen LogP contribution is 2.17. The lowest BCUT2D eigenvalue weighted by Crippen LogP contribution is -2.55. The van der Waals surface area contributed by atoms with E-state index in [0.29, 0.717) is 0 Å². The molecule has 0 aliphatic heterocycles. The summed E-state index contributed by atoms with van der Waals surface area (Å²) in [5, 5.41) is 6.52. The fraction of sp³-hybridized carbons (Fsp3) is 0.938. The van der Waals surface area contributed by atoms with Gasteiger partial charge in [-0.3, -0.25) is 0 Å². The van der Waals surface area contributed by atoms with Gasteiger partial charge in [0.1, 0.15) is 5.60 Å². The standard InChI is InChI=1S/C16H34N2O2/c1-9-16(10-2,12-17-11-14(3,4)5)18-13(19)20-15(6,7)8/h17H,9-12H2,1-8H3,(H,18,19). The number of hydrogen-bond acceptors (Lipinski definition) is 3. The maximum atomic E-state index is 12.0. The van der Waals surface area contributed by atoms with E-state index in [1.54, 1.807) is 0 Å². The normalized spacial score (nSPS) is 13.2. The monoisotopic (exact) mass is 286 g/mol. The van der Waals surface area contributed by atoms with Crippen molar-refractivity contribution >= 4 is 6.09 Å². The van der Waals surface area contributed by atoms with E-state index >= 15 is 0 Å². The van der Waals surface area contributed by atoms with E-state index < -0.39 is 5.60 Å². The molecule has 0 aromatic rings. The van der Waals surface area contributed by atoms with Gasteiger partial charge in [0, 0.05) is 13.1 Å². The van der Waals surface area contributed by atoms with E-state index in [2.05, 4.69) is 45.3 Å². The van der Waals surface area contributed by atoms with Crippen molar-refractivity contribution in [1.82, 2.24) is 10.6 Å². The molecule has 0 aliphatic rings. The van der Waals surface area contributed by atoms with Crippen molar-refractivity contribution in [2.45, 2.75) is 79.4 Å². The summed E-state index contributed by atoms with van der Waals surface area (Å²) in [5.74, 6) is 0. The van der Waals surface area contributed by atoms with Gasteiger partial charge >= 0.3 is 6.09 Å². The van der Waals surface area contributed by atoms with E-state index in [0.717, 1.165) is 25.9 Å². The molecule has 2 N–H and O–H groups in total. The van der Waals surface area contributed by atoms with Gasteiger partial charge in [0.05, 0.1) is 5.54 Å². The fourth-order valence-corrected chi connectivity index (χ4v) is 1.92. The molecule has 0 saturated heterocycles. The lowest BCUT2D eigenvalue weighted by Gasteiger charge is -2.35. The van der Waals surface area contributed by atoms with Crippen LogP contribution in [-0.4, -0.2) is 30.3 Å². The molecular formula is C16H34N2O2. The predicted molar refractivity (Wildman–Crippen MR) is 85.0 cm³/mol. The third-order valence-corrected chi connectivity index (χ3v) is 3.24. The van der Waals surface area contributed by atoms with Crippen LogP contribution in [0.2, 0.25) is 0 Å². The summed E-state index contributed by atoms with van der Waals surface area (Å²) in [6.07, 6.45) is 1.42. The quantitative estimate of drug-likeness (QED) is 0.782. The molecule has 120 valence electrons. The van der Waals surface area contributed by atoms with Gasteiger partial charge in [-0.15, -0.1) is 0 Å². The second kappa shape index (κ2) is 7.30. The first-order valence-electron chi connectivity index (χ1n) is 7.65. The summed E-state index contributed by atoms with van der Waals surface area (Å²) in [7, 11) is 0. The second-order valence-electron chi connectivity index (χ2n) is 7.78.